The first kappa shape index (κ1) is 15.0. The number of alkyl halides is 1. The van der Waals surface area contributed by atoms with Crippen molar-refractivity contribution in [3.63, 3.8) is 0 Å². The van der Waals surface area contributed by atoms with Gasteiger partial charge in [0.2, 0.25) is 0 Å². The molecule has 0 spiro atoms. The quantitative estimate of drug-likeness (QED) is 0.751. The van der Waals surface area contributed by atoms with Gasteiger partial charge in [0.15, 0.2) is 11.5 Å². The van der Waals surface area contributed by atoms with Crippen molar-refractivity contribution in [2.45, 2.75) is 38.6 Å². The summed E-state index contributed by atoms with van der Waals surface area (Å²) in [5.41, 5.74) is 1.93. The third kappa shape index (κ3) is 2.70. The van der Waals surface area contributed by atoms with Crippen LogP contribution in [-0.2, 0) is 6.54 Å². The Kier molecular flexibility index (Phi) is 4.76. The third-order valence-corrected chi connectivity index (χ3v) is 3.57. The van der Waals surface area contributed by atoms with Crippen molar-refractivity contribution in [2.75, 3.05) is 14.2 Å². The SMILES string of the molecule is CCCCn1c(C(C)Cl)nc2cc(OC)c(OC)cc21. The van der Waals surface area contributed by atoms with E-state index in [4.69, 9.17) is 21.1 Å². The molecule has 1 aromatic carbocycles. The Morgan fingerprint density at radius 3 is 2.45 bits per heavy atom. The maximum Gasteiger partial charge on any atom is 0.163 e. The van der Waals surface area contributed by atoms with Crippen molar-refractivity contribution < 1.29 is 9.47 Å². The highest BCUT2D eigenvalue weighted by Crippen LogP contribution is 2.34. The summed E-state index contributed by atoms with van der Waals surface area (Å²) in [6.45, 7) is 5.03. The summed E-state index contributed by atoms with van der Waals surface area (Å²) in [4.78, 5) is 4.64. The van der Waals surface area contributed by atoms with Gasteiger partial charge in [0, 0.05) is 18.7 Å². The van der Waals surface area contributed by atoms with E-state index in [9.17, 15) is 0 Å². The molecule has 0 aliphatic carbocycles. The lowest BCUT2D eigenvalue weighted by molar-refractivity contribution is 0.355. The Labute approximate surface area is 124 Å². The number of aryl methyl sites for hydroxylation is 1. The number of rotatable bonds is 6. The Morgan fingerprint density at radius 2 is 1.90 bits per heavy atom. The van der Waals surface area contributed by atoms with Gasteiger partial charge in [0.05, 0.1) is 30.6 Å². The first-order chi connectivity index (χ1) is 9.62. The highest BCUT2D eigenvalue weighted by atomic mass is 35.5. The van der Waals surface area contributed by atoms with Crippen LogP contribution in [0.5, 0.6) is 11.5 Å². The molecule has 2 aromatic rings. The molecule has 0 bridgehead atoms. The molecule has 1 atom stereocenters. The maximum absolute atomic E-state index is 6.26. The predicted molar refractivity (Wildman–Crippen MR) is 82.0 cm³/mol. The summed E-state index contributed by atoms with van der Waals surface area (Å²) in [5, 5.41) is -0.128. The molecule has 1 heterocycles. The number of halogens is 1. The van der Waals surface area contributed by atoms with Gasteiger partial charge in [-0.1, -0.05) is 13.3 Å². The second-order valence-corrected chi connectivity index (χ2v) is 5.44. The van der Waals surface area contributed by atoms with E-state index in [0.717, 1.165) is 36.2 Å². The lowest BCUT2D eigenvalue weighted by Gasteiger charge is -2.11. The molecule has 0 N–H and O–H groups in total. The van der Waals surface area contributed by atoms with E-state index in [1.807, 2.05) is 19.1 Å². The first-order valence-corrected chi connectivity index (χ1v) is 7.32. The zero-order valence-corrected chi connectivity index (χ0v) is 13.2. The second kappa shape index (κ2) is 6.35. The van der Waals surface area contributed by atoms with Crippen LogP contribution >= 0.6 is 11.6 Å². The maximum atomic E-state index is 6.26. The van der Waals surface area contributed by atoms with Crippen molar-refractivity contribution >= 4 is 22.6 Å². The summed E-state index contributed by atoms with van der Waals surface area (Å²) in [5.74, 6) is 2.30. The monoisotopic (exact) mass is 296 g/mol. The summed E-state index contributed by atoms with van der Waals surface area (Å²) >= 11 is 6.26. The molecule has 5 heteroatoms. The number of imidazole rings is 1. The van der Waals surface area contributed by atoms with Crippen LogP contribution in [-0.4, -0.2) is 23.8 Å². The molecule has 0 radical (unpaired) electrons. The van der Waals surface area contributed by atoms with Crippen LogP contribution < -0.4 is 9.47 Å². The molecule has 110 valence electrons. The molecular formula is C15H21ClN2O2. The summed E-state index contributed by atoms with van der Waals surface area (Å²) in [7, 11) is 3.27. The normalized spacial score (nSPS) is 12.7. The molecule has 2 rings (SSSR count). The van der Waals surface area contributed by atoms with E-state index in [0.29, 0.717) is 11.5 Å². The Morgan fingerprint density at radius 1 is 1.25 bits per heavy atom. The minimum absolute atomic E-state index is 0.128. The van der Waals surface area contributed by atoms with Crippen molar-refractivity contribution in [1.29, 1.82) is 0 Å². The zero-order valence-electron chi connectivity index (χ0n) is 12.4. The van der Waals surface area contributed by atoms with E-state index in [1.165, 1.54) is 0 Å². The number of methoxy groups -OCH3 is 2. The van der Waals surface area contributed by atoms with Crippen molar-refractivity contribution in [3.8, 4) is 11.5 Å². The average molecular weight is 297 g/mol. The van der Waals surface area contributed by atoms with E-state index in [-0.39, 0.29) is 5.38 Å². The largest absolute Gasteiger partial charge is 0.493 e. The number of hydrogen-bond acceptors (Lipinski definition) is 3. The average Bonchev–Trinajstić information content (AvgIpc) is 2.81. The van der Waals surface area contributed by atoms with Crippen LogP contribution in [0.1, 0.15) is 37.9 Å². The Hall–Kier alpha value is -1.42. The number of hydrogen-bond donors (Lipinski definition) is 0. The summed E-state index contributed by atoms with van der Waals surface area (Å²) < 4.78 is 12.9. The molecule has 0 fully saturated rings. The molecule has 0 aliphatic heterocycles. The molecule has 0 aliphatic rings. The topological polar surface area (TPSA) is 36.3 Å². The van der Waals surface area contributed by atoms with E-state index >= 15 is 0 Å². The van der Waals surface area contributed by atoms with Gasteiger partial charge in [-0.25, -0.2) is 4.98 Å². The molecule has 1 aromatic heterocycles. The number of nitrogens with zero attached hydrogens (tertiary/aromatic N) is 2. The minimum Gasteiger partial charge on any atom is -0.493 e. The van der Waals surface area contributed by atoms with Crippen LogP contribution in [0.3, 0.4) is 0 Å². The molecule has 20 heavy (non-hydrogen) atoms. The van der Waals surface area contributed by atoms with Gasteiger partial charge in [0.25, 0.3) is 0 Å². The van der Waals surface area contributed by atoms with Gasteiger partial charge in [-0.05, 0) is 13.3 Å². The van der Waals surface area contributed by atoms with Gasteiger partial charge in [0.1, 0.15) is 5.82 Å². The Balaban J connectivity index is 2.62. The number of unbranched alkanes of at least 4 members (excludes halogenated alkanes) is 1. The first-order valence-electron chi connectivity index (χ1n) is 6.88. The van der Waals surface area contributed by atoms with Crippen LogP contribution in [0.25, 0.3) is 11.0 Å². The molecule has 1 unspecified atom stereocenters. The van der Waals surface area contributed by atoms with Gasteiger partial charge in [-0.3, -0.25) is 0 Å². The number of ether oxygens (including phenoxy) is 2. The fourth-order valence-corrected chi connectivity index (χ4v) is 2.49. The predicted octanol–water partition coefficient (Wildman–Crippen LogP) is 4.15. The van der Waals surface area contributed by atoms with Crippen LogP contribution in [0, 0.1) is 0 Å². The van der Waals surface area contributed by atoms with Crippen molar-refractivity contribution in [2.24, 2.45) is 0 Å². The molecule has 0 saturated heterocycles. The van der Waals surface area contributed by atoms with Crippen molar-refractivity contribution in [3.05, 3.63) is 18.0 Å². The summed E-state index contributed by atoms with van der Waals surface area (Å²) in [6.07, 6.45) is 2.22. The van der Waals surface area contributed by atoms with Gasteiger partial charge in [-0.15, -0.1) is 11.6 Å². The number of fused-ring (bicyclic) bond motifs is 1. The van der Waals surface area contributed by atoms with Gasteiger partial charge in [-0.2, -0.15) is 0 Å². The molecule has 0 amide bonds. The summed E-state index contributed by atoms with van der Waals surface area (Å²) in [6, 6.07) is 3.87. The standard InChI is InChI=1S/C15H21ClN2O2/c1-5-6-7-18-12-9-14(20-4)13(19-3)8-11(12)17-15(18)10(2)16/h8-10H,5-7H2,1-4H3. The van der Waals surface area contributed by atoms with E-state index in [2.05, 4.69) is 16.5 Å². The van der Waals surface area contributed by atoms with Crippen LogP contribution in [0.15, 0.2) is 12.1 Å². The van der Waals surface area contributed by atoms with E-state index in [1.54, 1.807) is 14.2 Å². The number of aromatic nitrogens is 2. The van der Waals surface area contributed by atoms with Crippen molar-refractivity contribution in [1.82, 2.24) is 9.55 Å². The zero-order chi connectivity index (χ0) is 14.7. The fraction of sp³-hybridized carbons (Fsp3) is 0.533. The lowest BCUT2D eigenvalue weighted by atomic mass is 10.2. The van der Waals surface area contributed by atoms with Gasteiger partial charge < -0.3 is 14.0 Å². The highest BCUT2D eigenvalue weighted by molar-refractivity contribution is 6.20. The Bertz CT molecular complexity index is 593. The fourth-order valence-electron chi connectivity index (χ4n) is 2.33. The van der Waals surface area contributed by atoms with E-state index < -0.39 is 0 Å². The molecular weight excluding hydrogens is 276 g/mol. The lowest BCUT2D eigenvalue weighted by Crippen LogP contribution is -2.04. The third-order valence-electron chi connectivity index (χ3n) is 3.37. The highest BCUT2D eigenvalue weighted by Gasteiger charge is 2.17. The molecule has 4 nitrogen and oxygen atoms in total. The number of benzene rings is 1. The van der Waals surface area contributed by atoms with Crippen LogP contribution in [0.4, 0.5) is 0 Å². The second-order valence-electron chi connectivity index (χ2n) is 4.79. The van der Waals surface area contributed by atoms with Crippen LogP contribution in [0.2, 0.25) is 0 Å². The minimum atomic E-state index is -0.128. The molecule has 0 saturated carbocycles. The van der Waals surface area contributed by atoms with Gasteiger partial charge >= 0.3 is 0 Å². The smallest absolute Gasteiger partial charge is 0.163 e.